The summed E-state index contributed by atoms with van der Waals surface area (Å²) in [6, 6.07) is 0. The molecular weight excluding hydrogens is 364 g/mol. The highest BCUT2D eigenvalue weighted by molar-refractivity contribution is 5.89. The van der Waals surface area contributed by atoms with Crippen molar-refractivity contribution in [3.63, 3.8) is 0 Å². The van der Waals surface area contributed by atoms with E-state index in [4.69, 9.17) is 9.47 Å². The smallest absolute Gasteiger partial charge is 0.378 e. The largest absolute Gasteiger partial charge is 0.505 e. The Morgan fingerprint density at radius 3 is 2.10 bits per heavy atom. The number of unbranched alkanes of at least 4 members (excludes halogenated alkanes) is 3. The summed E-state index contributed by atoms with van der Waals surface area (Å²) in [6.45, 7) is 3.99. The Hall–Kier alpha value is -2.49. The fraction of sp³-hybridized carbons (Fsp3) is 0.480. The van der Waals surface area contributed by atoms with Crippen LogP contribution < -0.4 is 0 Å². The lowest BCUT2D eigenvalue weighted by atomic mass is 10.1. The first-order valence-corrected chi connectivity index (χ1v) is 10.7. The Morgan fingerprint density at radius 2 is 1.52 bits per heavy atom. The Kier molecular flexibility index (Phi) is 13.9. The van der Waals surface area contributed by atoms with Gasteiger partial charge in [0, 0.05) is 0 Å². The summed E-state index contributed by atoms with van der Waals surface area (Å²) in [6.07, 6.45) is 28.8. The molecule has 0 fully saturated rings. The van der Waals surface area contributed by atoms with E-state index in [1.807, 2.05) is 6.08 Å². The molecule has 0 aromatic heterocycles. The molecule has 1 aliphatic heterocycles. The maximum absolute atomic E-state index is 11.6. The predicted molar refractivity (Wildman–Crippen MR) is 119 cm³/mol. The lowest BCUT2D eigenvalue weighted by Gasteiger charge is -2.07. The first kappa shape index (κ1) is 24.5. The maximum Gasteiger partial charge on any atom is 0.378 e. The number of esters is 1. The zero-order chi connectivity index (χ0) is 21.2. The molecule has 1 atom stereocenters. The first-order chi connectivity index (χ1) is 14.2. The van der Waals surface area contributed by atoms with Gasteiger partial charge in [-0.05, 0) is 51.9 Å². The summed E-state index contributed by atoms with van der Waals surface area (Å²) in [5.41, 5.74) is 0. The minimum Gasteiger partial charge on any atom is -0.505 e. The molecule has 4 nitrogen and oxygen atoms in total. The number of carbonyl (C=O) groups is 1. The van der Waals surface area contributed by atoms with E-state index < -0.39 is 12.1 Å². The van der Waals surface area contributed by atoms with Gasteiger partial charge in [-0.2, -0.15) is 0 Å². The fourth-order valence-electron chi connectivity index (χ4n) is 2.74. The molecule has 1 rings (SSSR count). The van der Waals surface area contributed by atoms with E-state index in [0.29, 0.717) is 6.42 Å². The number of rotatable bonds is 15. The van der Waals surface area contributed by atoms with Gasteiger partial charge in [0.1, 0.15) is 0 Å². The molecule has 0 spiro atoms. The third-order valence-electron chi connectivity index (χ3n) is 4.35. The van der Waals surface area contributed by atoms with Crippen molar-refractivity contribution in [2.24, 2.45) is 0 Å². The number of carbonyl (C=O) groups excluding carboxylic acids is 1. The normalized spacial score (nSPS) is 17.9. The van der Waals surface area contributed by atoms with Gasteiger partial charge in [-0.3, -0.25) is 0 Å². The van der Waals surface area contributed by atoms with Gasteiger partial charge in [0.25, 0.3) is 5.76 Å². The molecule has 0 amide bonds. The van der Waals surface area contributed by atoms with Gasteiger partial charge in [0.2, 0.25) is 0 Å². The second-order valence-corrected chi connectivity index (χ2v) is 6.86. The van der Waals surface area contributed by atoms with Crippen LogP contribution in [0.2, 0.25) is 0 Å². The lowest BCUT2D eigenvalue weighted by Crippen LogP contribution is -2.10. The summed E-state index contributed by atoms with van der Waals surface area (Å²) in [7, 11) is 0. The summed E-state index contributed by atoms with van der Waals surface area (Å²) in [4.78, 5) is 11.6. The highest BCUT2D eigenvalue weighted by Gasteiger charge is 2.35. The highest BCUT2D eigenvalue weighted by Crippen LogP contribution is 2.25. The zero-order valence-electron chi connectivity index (χ0n) is 17.9. The molecule has 0 unspecified atom stereocenters. The Bertz CT molecular complexity index is 635. The van der Waals surface area contributed by atoms with Crippen molar-refractivity contribution in [3.05, 3.63) is 72.5 Å². The monoisotopic (exact) mass is 400 g/mol. The lowest BCUT2D eigenvalue weighted by molar-refractivity contribution is -0.142. The SMILES string of the molecule is C/C=C/OC1=C(O)[C@H](CC/C=C\C/C=C\C/C=C\C/C=C\CCCCC)OC1=O. The molecule has 0 saturated carbocycles. The van der Waals surface area contributed by atoms with Gasteiger partial charge in [-0.15, -0.1) is 0 Å². The van der Waals surface area contributed by atoms with Gasteiger partial charge in [-0.1, -0.05) is 74.4 Å². The molecule has 0 radical (unpaired) electrons. The van der Waals surface area contributed by atoms with Crippen LogP contribution in [0.3, 0.4) is 0 Å². The molecule has 29 heavy (non-hydrogen) atoms. The van der Waals surface area contributed by atoms with Crippen molar-refractivity contribution in [1.82, 2.24) is 0 Å². The Balaban J connectivity index is 2.11. The molecule has 1 heterocycles. The molecule has 0 bridgehead atoms. The number of aliphatic hydroxyl groups is 1. The van der Waals surface area contributed by atoms with Crippen LogP contribution >= 0.6 is 0 Å². The minimum absolute atomic E-state index is 0.111. The van der Waals surface area contributed by atoms with Crippen LogP contribution in [0.25, 0.3) is 0 Å². The van der Waals surface area contributed by atoms with E-state index in [-0.39, 0.29) is 11.5 Å². The van der Waals surface area contributed by atoms with E-state index in [9.17, 15) is 9.90 Å². The molecular formula is C25H36O4. The van der Waals surface area contributed by atoms with Gasteiger partial charge in [-0.25, -0.2) is 4.79 Å². The van der Waals surface area contributed by atoms with Crippen LogP contribution in [0.4, 0.5) is 0 Å². The third kappa shape index (κ3) is 11.2. The molecule has 1 N–H and O–H groups in total. The summed E-state index contributed by atoms with van der Waals surface area (Å²) < 4.78 is 10.2. The number of ether oxygens (including phenoxy) is 2. The van der Waals surface area contributed by atoms with E-state index in [1.54, 1.807) is 13.0 Å². The van der Waals surface area contributed by atoms with Crippen molar-refractivity contribution in [2.45, 2.75) is 77.7 Å². The van der Waals surface area contributed by atoms with Crippen molar-refractivity contribution < 1.29 is 19.4 Å². The third-order valence-corrected chi connectivity index (χ3v) is 4.35. The quantitative estimate of drug-likeness (QED) is 0.139. The van der Waals surface area contributed by atoms with E-state index >= 15 is 0 Å². The summed E-state index contributed by atoms with van der Waals surface area (Å²) >= 11 is 0. The number of hydrogen-bond donors (Lipinski definition) is 1. The van der Waals surface area contributed by atoms with Crippen LogP contribution in [-0.4, -0.2) is 17.2 Å². The Morgan fingerprint density at radius 1 is 0.931 bits per heavy atom. The molecule has 1 aliphatic rings. The van der Waals surface area contributed by atoms with Crippen LogP contribution in [0.15, 0.2) is 72.5 Å². The molecule has 0 saturated heterocycles. The first-order valence-electron chi connectivity index (χ1n) is 10.7. The van der Waals surface area contributed by atoms with Crippen LogP contribution in [-0.2, 0) is 14.3 Å². The second kappa shape index (κ2) is 16.5. The number of allylic oxidation sites excluding steroid dienone is 9. The standard InChI is InChI=1S/C25H36O4/c1-3-5-6-7-8-9-10-11-12-13-14-15-16-17-18-19-20-22-23(26)24(25(27)29-22)28-21-4-2/h4,8-9,11-12,14-15,17-18,21-22,26H,3,5-7,10,13,16,19-20H2,1-2H3/b9-8-,12-11-,15-14-,18-17-,21-4+/t22-/m0/s1. The van der Waals surface area contributed by atoms with E-state index in [2.05, 4.69) is 49.5 Å². The number of cyclic esters (lactones) is 1. The zero-order valence-corrected chi connectivity index (χ0v) is 17.9. The molecule has 160 valence electrons. The maximum atomic E-state index is 11.6. The van der Waals surface area contributed by atoms with E-state index in [1.165, 1.54) is 31.9 Å². The van der Waals surface area contributed by atoms with Gasteiger partial charge < -0.3 is 14.6 Å². The fourth-order valence-corrected chi connectivity index (χ4v) is 2.74. The van der Waals surface area contributed by atoms with Crippen LogP contribution in [0.5, 0.6) is 0 Å². The van der Waals surface area contributed by atoms with Crippen LogP contribution in [0, 0.1) is 0 Å². The average Bonchev–Trinajstić information content (AvgIpc) is 2.99. The van der Waals surface area contributed by atoms with Crippen molar-refractivity contribution >= 4 is 5.97 Å². The number of hydrogen-bond acceptors (Lipinski definition) is 4. The topological polar surface area (TPSA) is 55.8 Å². The molecule has 0 aliphatic carbocycles. The van der Waals surface area contributed by atoms with Crippen LogP contribution in [0.1, 0.15) is 71.6 Å². The van der Waals surface area contributed by atoms with Gasteiger partial charge >= 0.3 is 5.97 Å². The summed E-state index contributed by atoms with van der Waals surface area (Å²) in [5.74, 6) is -0.846. The number of aliphatic hydroxyl groups excluding tert-OH is 1. The minimum atomic E-state index is -0.617. The average molecular weight is 401 g/mol. The Labute approximate surface area is 176 Å². The summed E-state index contributed by atoms with van der Waals surface area (Å²) in [5, 5.41) is 10.0. The predicted octanol–water partition coefficient (Wildman–Crippen LogP) is 6.99. The second-order valence-electron chi connectivity index (χ2n) is 6.86. The van der Waals surface area contributed by atoms with Crippen molar-refractivity contribution in [3.8, 4) is 0 Å². The van der Waals surface area contributed by atoms with Crippen molar-refractivity contribution in [1.29, 1.82) is 0 Å². The van der Waals surface area contributed by atoms with Crippen molar-refractivity contribution in [2.75, 3.05) is 0 Å². The molecule has 0 aromatic rings. The van der Waals surface area contributed by atoms with Gasteiger partial charge in [0.15, 0.2) is 11.9 Å². The van der Waals surface area contributed by atoms with E-state index in [0.717, 1.165) is 25.7 Å². The highest BCUT2D eigenvalue weighted by atomic mass is 16.6. The van der Waals surface area contributed by atoms with Gasteiger partial charge in [0.05, 0.1) is 6.26 Å². The molecule has 4 heteroatoms. The molecule has 0 aromatic carbocycles.